The minimum absolute atomic E-state index is 0.279. The second kappa shape index (κ2) is 6.65. The smallest absolute Gasteiger partial charge is 0.259 e. The van der Waals surface area contributed by atoms with Crippen molar-refractivity contribution in [2.75, 3.05) is 24.8 Å². The van der Waals surface area contributed by atoms with E-state index in [9.17, 15) is 4.79 Å². The fraction of sp³-hybridized carbons (Fsp3) is 0.188. The molecule has 2 rings (SSSR count). The summed E-state index contributed by atoms with van der Waals surface area (Å²) in [6.45, 7) is 2.42. The Labute approximate surface area is 123 Å². The molecular weight excluding hydrogens is 268 g/mol. The molecule has 3 N–H and O–H groups in total. The van der Waals surface area contributed by atoms with E-state index < -0.39 is 0 Å². The van der Waals surface area contributed by atoms with Crippen molar-refractivity contribution in [2.45, 2.75) is 6.92 Å². The lowest BCUT2D eigenvalue weighted by atomic mass is 10.1. The van der Waals surface area contributed by atoms with Gasteiger partial charge in [-0.1, -0.05) is 12.1 Å². The predicted molar refractivity (Wildman–Crippen MR) is 83.0 cm³/mol. The van der Waals surface area contributed by atoms with Gasteiger partial charge in [-0.3, -0.25) is 4.79 Å². The summed E-state index contributed by atoms with van der Waals surface area (Å²) in [6.07, 6.45) is 0. The minimum atomic E-state index is -0.279. The molecular formula is C16H18N2O3. The molecule has 0 fully saturated rings. The van der Waals surface area contributed by atoms with E-state index in [4.69, 9.17) is 15.2 Å². The highest BCUT2D eigenvalue weighted by Crippen LogP contribution is 2.27. The Bertz CT molecular complexity index is 641. The van der Waals surface area contributed by atoms with Crippen LogP contribution in [0.3, 0.4) is 0 Å². The number of para-hydroxylation sites is 2. The van der Waals surface area contributed by atoms with Gasteiger partial charge in [-0.25, -0.2) is 0 Å². The molecule has 0 bridgehead atoms. The molecule has 0 heterocycles. The number of nitrogens with one attached hydrogen (secondary N) is 1. The second-order valence-corrected chi connectivity index (χ2v) is 4.34. The lowest BCUT2D eigenvalue weighted by Crippen LogP contribution is -2.14. The van der Waals surface area contributed by atoms with Crippen LogP contribution >= 0.6 is 0 Å². The summed E-state index contributed by atoms with van der Waals surface area (Å²) < 4.78 is 10.7. The van der Waals surface area contributed by atoms with E-state index in [1.54, 1.807) is 30.3 Å². The number of carbonyl (C=O) groups excluding carboxylic acids is 1. The summed E-state index contributed by atoms with van der Waals surface area (Å²) >= 11 is 0. The Morgan fingerprint density at radius 1 is 1.19 bits per heavy atom. The van der Waals surface area contributed by atoms with Gasteiger partial charge in [0.1, 0.15) is 11.5 Å². The first-order valence-electron chi connectivity index (χ1n) is 6.62. The molecule has 0 aromatic heterocycles. The zero-order valence-corrected chi connectivity index (χ0v) is 12.1. The zero-order valence-electron chi connectivity index (χ0n) is 12.1. The number of hydrogen-bond donors (Lipinski definition) is 2. The van der Waals surface area contributed by atoms with Crippen molar-refractivity contribution < 1.29 is 14.3 Å². The molecule has 0 radical (unpaired) electrons. The maximum absolute atomic E-state index is 12.4. The molecule has 0 spiro atoms. The highest BCUT2D eigenvalue weighted by Gasteiger charge is 2.14. The van der Waals surface area contributed by atoms with Crippen LogP contribution in [0.5, 0.6) is 11.5 Å². The average Bonchev–Trinajstić information content (AvgIpc) is 2.49. The summed E-state index contributed by atoms with van der Waals surface area (Å²) in [5, 5.41) is 2.82. The topological polar surface area (TPSA) is 73.6 Å². The van der Waals surface area contributed by atoms with E-state index in [1.807, 2.05) is 19.1 Å². The van der Waals surface area contributed by atoms with E-state index in [0.717, 1.165) is 0 Å². The molecule has 5 nitrogen and oxygen atoms in total. The number of nitrogens with two attached hydrogens (primary N) is 1. The van der Waals surface area contributed by atoms with Gasteiger partial charge in [-0.15, -0.1) is 0 Å². The van der Waals surface area contributed by atoms with Gasteiger partial charge in [0.2, 0.25) is 0 Å². The largest absolute Gasteiger partial charge is 0.496 e. The molecule has 0 aliphatic carbocycles. The quantitative estimate of drug-likeness (QED) is 0.829. The van der Waals surface area contributed by atoms with E-state index in [1.165, 1.54) is 7.11 Å². The number of carbonyl (C=O) groups is 1. The number of amides is 1. The maximum Gasteiger partial charge on any atom is 0.259 e. The number of nitrogen functional groups attached to an aromatic ring is 1. The maximum atomic E-state index is 12.4. The van der Waals surface area contributed by atoms with Crippen molar-refractivity contribution in [2.24, 2.45) is 0 Å². The SMILES string of the molecule is CCOc1ccccc1NC(=O)c1ccc(N)cc1OC. The second-order valence-electron chi connectivity index (χ2n) is 4.34. The van der Waals surface area contributed by atoms with Crippen molar-refractivity contribution in [3.05, 3.63) is 48.0 Å². The Morgan fingerprint density at radius 3 is 2.67 bits per heavy atom. The van der Waals surface area contributed by atoms with Crippen LogP contribution in [0.15, 0.2) is 42.5 Å². The van der Waals surface area contributed by atoms with Gasteiger partial charge < -0.3 is 20.5 Å². The molecule has 0 aliphatic heterocycles. The fourth-order valence-corrected chi connectivity index (χ4v) is 1.94. The number of hydrogen-bond acceptors (Lipinski definition) is 4. The number of methoxy groups -OCH3 is 1. The van der Waals surface area contributed by atoms with Gasteiger partial charge in [-0.2, -0.15) is 0 Å². The van der Waals surface area contributed by atoms with Crippen molar-refractivity contribution in [1.29, 1.82) is 0 Å². The molecule has 21 heavy (non-hydrogen) atoms. The van der Waals surface area contributed by atoms with Crippen molar-refractivity contribution in [3.8, 4) is 11.5 Å². The van der Waals surface area contributed by atoms with Crippen LogP contribution in [0.1, 0.15) is 17.3 Å². The molecule has 0 saturated heterocycles. The molecule has 0 atom stereocenters. The molecule has 2 aromatic rings. The highest BCUT2D eigenvalue weighted by atomic mass is 16.5. The third-order valence-corrected chi connectivity index (χ3v) is 2.91. The van der Waals surface area contributed by atoms with Crippen LogP contribution in [0.25, 0.3) is 0 Å². The van der Waals surface area contributed by atoms with Gasteiger partial charge in [0.15, 0.2) is 0 Å². The van der Waals surface area contributed by atoms with Gasteiger partial charge in [0, 0.05) is 11.8 Å². The van der Waals surface area contributed by atoms with Crippen LogP contribution < -0.4 is 20.5 Å². The molecule has 2 aromatic carbocycles. The summed E-state index contributed by atoms with van der Waals surface area (Å²) in [5.41, 5.74) is 7.26. The Morgan fingerprint density at radius 2 is 1.95 bits per heavy atom. The summed E-state index contributed by atoms with van der Waals surface area (Å²) in [6, 6.07) is 12.2. The van der Waals surface area contributed by atoms with Gasteiger partial charge in [0.25, 0.3) is 5.91 Å². The zero-order chi connectivity index (χ0) is 15.2. The third kappa shape index (κ3) is 3.45. The molecule has 5 heteroatoms. The van der Waals surface area contributed by atoms with Crippen LogP contribution in [0.2, 0.25) is 0 Å². The number of anilines is 2. The van der Waals surface area contributed by atoms with Crippen LogP contribution in [-0.4, -0.2) is 19.6 Å². The average molecular weight is 286 g/mol. The molecule has 1 amide bonds. The van der Waals surface area contributed by atoms with Gasteiger partial charge >= 0.3 is 0 Å². The van der Waals surface area contributed by atoms with E-state index in [0.29, 0.717) is 35.0 Å². The molecule has 110 valence electrons. The molecule has 0 saturated carbocycles. The lowest BCUT2D eigenvalue weighted by Gasteiger charge is -2.13. The van der Waals surface area contributed by atoms with Gasteiger partial charge in [0.05, 0.1) is 25.0 Å². The summed E-state index contributed by atoms with van der Waals surface area (Å²) in [7, 11) is 1.50. The number of rotatable bonds is 5. The van der Waals surface area contributed by atoms with Crippen LogP contribution in [0.4, 0.5) is 11.4 Å². The monoisotopic (exact) mass is 286 g/mol. The Kier molecular flexibility index (Phi) is 4.66. The predicted octanol–water partition coefficient (Wildman–Crippen LogP) is 2.93. The van der Waals surface area contributed by atoms with E-state index in [-0.39, 0.29) is 5.91 Å². The lowest BCUT2D eigenvalue weighted by molar-refractivity contribution is 0.102. The van der Waals surface area contributed by atoms with Gasteiger partial charge in [-0.05, 0) is 31.2 Å². The first kappa shape index (κ1) is 14.7. The minimum Gasteiger partial charge on any atom is -0.496 e. The Balaban J connectivity index is 2.26. The first-order valence-corrected chi connectivity index (χ1v) is 6.62. The van der Waals surface area contributed by atoms with Crippen molar-refractivity contribution in [1.82, 2.24) is 0 Å². The molecule has 0 aliphatic rings. The van der Waals surface area contributed by atoms with Crippen LogP contribution in [-0.2, 0) is 0 Å². The highest BCUT2D eigenvalue weighted by molar-refractivity contribution is 6.07. The van der Waals surface area contributed by atoms with Crippen LogP contribution in [0, 0.1) is 0 Å². The first-order chi connectivity index (χ1) is 10.2. The summed E-state index contributed by atoms with van der Waals surface area (Å²) in [4.78, 5) is 12.4. The Hall–Kier alpha value is -2.69. The standard InChI is InChI=1S/C16H18N2O3/c1-3-21-14-7-5-4-6-13(14)18-16(19)12-9-8-11(17)10-15(12)20-2/h4-10H,3,17H2,1-2H3,(H,18,19). The number of ether oxygens (including phenoxy) is 2. The molecule has 0 unspecified atom stereocenters. The normalized spacial score (nSPS) is 10.0. The fourth-order valence-electron chi connectivity index (χ4n) is 1.94. The summed E-state index contributed by atoms with van der Waals surface area (Å²) in [5.74, 6) is 0.781. The van der Waals surface area contributed by atoms with E-state index in [2.05, 4.69) is 5.32 Å². The van der Waals surface area contributed by atoms with Crippen molar-refractivity contribution >= 4 is 17.3 Å². The van der Waals surface area contributed by atoms with E-state index >= 15 is 0 Å². The third-order valence-electron chi connectivity index (χ3n) is 2.91. The van der Waals surface area contributed by atoms with Crippen molar-refractivity contribution in [3.63, 3.8) is 0 Å². The number of benzene rings is 2.